The van der Waals surface area contributed by atoms with Gasteiger partial charge in [0.25, 0.3) is 0 Å². The molecule has 0 aromatic heterocycles. The summed E-state index contributed by atoms with van der Waals surface area (Å²) >= 11 is 0. The number of hydrogen-bond donors (Lipinski definition) is 2. The van der Waals surface area contributed by atoms with Gasteiger partial charge in [-0.25, -0.2) is 0 Å². The lowest BCUT2D eigenvalue weighted by Gasteiger charge is -2.27. The predicted octanol–water partition coefficient (Wildman–Crippen LogP) is 1.95. The fourth-order valence-electron chi connectivity index (χ4n) is 2.88. The maximum Gasteiger partial charge on any atom is 0.227 e. The Morgan fingerprint density at radius 2 is 2.37 bits per heavy atom. The number of anilines is 1. The number of carbonyl (C=O) groups excluding carboxylic acids is 1. The van der Waals surface area contributed by atoms with Gasteiger partial charge in [-0.1, -0.05) is 0 Å². The zero-order valence-corrected chi connectivity index (χ0v) is 11.2. The van der Waals surface area contributed by atoms with Crippen LogP contribution < -0.4 is 15.4 Å². The second-order valence-electron chi connectivity index (χ2n) is 5.49. The molecule has 4 heteroatoms. The molecule has 0 unspecified atom stereocenters. The van der Waals surface area contributed by atoms with E-state index in [0.29, 0.717) is 6.04 Å². The number of hydrogen-bond acceptors (Lipinski definition) is 3. The second-order valence-corrected chi connectivity index (χ2v) is 5.49. The number of nitrogens with one attached hydrogen (secondary N) is 2. The number of fused-ring (bicyclic) bond motifs is 1. The van der Waals surface area contributed by atoms with Crippen LogP contribution in [0.15, 0.2) is 18.2 Å². The monoisotopic (exact) mass is 260 g/mol. The summed E-state index contributed by atoms with van der Waals surface area (Å²) in [6.45, 7) is 3.81. The number of piperidine rings is 1. The highest BCUT2D eigenvalue weighted by molar-refractivity contribution is 5.92. The Balaban J connectivity index is 1.66. The quantitative estimate of drug-likeness (QED) is 0.854. The molecule has 19 heavy (non-hydrogen) atoms. The Bertz CT molecular complexity index is 487. The minimum Gasteiger partial charge on any atom is -0.493 e. The van der Waals surface area contributed by atoms with E-state index in [1.165, 1.54) is 5.56 Å². The van der Waals surface area contributed by atoms with Gasteiger partial charge in [0.2, 0.25) is 5.91 Å². The molecule has 0 radical (unpaired) electrons. The number of carbonyl (C=O) groups is 1. The SMILES string of the molecule is C[C@H]1C[C@@H](C(=O)Nc2ccc3c(c2)CCO3)CCN1. The molecule has 1 fully saturated rings. The van der Waals surface area contributed by atoms with Crippen LogP contribution in [0.25, 0.3) is 0 Å². The first-order valence-corrected chi connectivity index (χ1v) is 7.02. The summed E-state index contributed by atoms with van der Waals surface area (Å²) < 4.78 is 5.47. The molecule has 1 aromatic carbocycles. The van der Waals surface area contributed by atoms with Crippen molar-refractivity contribution in [1.82, 2.24) is 5.32 Å². The van der Waals surface area contributed by atoms with Crippen LogP contribution in [0, 0.1) is 5.92 Å². The molecule has 2 aliphatic heterocycles. The van der Waals surface area contributed by atoms with Gasteiger partial charge >= 0.3 is 0 Å². The molecule has 2 heterocycles. The Morgan fingerprint density at radius 1 is 1.47 bits per heavy atom. The summed E-state index contributed by atoms with van der Waals surface area (Å²) in [5.41, 5.74) is 2.08. The first-order valence-electron chi connectivity index (χ1n) is 7.02. The lowest BCUT2D eigenvalue weighted by atomic mass is 9.92. The molecule has 1 saturated heterocycles. The van der Waals surface area contributed by atoms with Crippen LogP contribution in [-0.2, 0) is 11.2 Å². The van der Waals surface area contributed by atoms with Gasteiger partial charge in [-0.15, -0.1) is 0 Å². The van der Waals surface area contributed by atoms with Crippen molar-refractivity contribution in [1.29, 1.82) is 0 Å². The zero-order valence-electron chi connectivity index (χ0n) is 11.2. The van der Waals surface area contributed by atoms with Gasteiger partial charge in [0.1, 0.15) is 5.75 Å². The van der Waals surface area contributed by atoms with Crippen LogP contribution in [0.2, 0.25) is 0 Å². The Hall–Kier alpha value is -1.55. The van der Waals surface area contributed by atoms with Gasteiger partial charge in [-0.3, -0.25) is 4.79 Å². The summed E-state index contributed by atoms with van der Waals surface area (Å²) in [5, 5.41) is 6.41. The molecular weight excluding hydrogens is 240 g/mol. The molecule has 1 amide bonds. The fraction of sp³-hybridized carbons (Fsp3) is 0.533. The largest absolute Gasteiger partial charge is 0.493 e. The van der Waals surface area contributed by atoms with E-state index in [-0.39, 0.29) is 11.8 Å². The van der Waals surface area contributed by atoms with Gasteiger partial charge < -0.3 is 15.4 Å². The molecule has 0 bridgehead atoms. The van der Waals surface area contributed by atoms with Crippen molar-refractivity contribution in [2.45, 2.75) is 32.2 Å². The van der Waals surface area contributed by atoms with E-state index in [9.17, 15) is 4.79 Å². The van der Waals surface area contributed by atoms with Gasteiger partial charge in [-0.05, 0) is 50.1 Å². The molecule has 2 N–H and O–H groups in total. The lowest BCUT2D eigenvalue weighted by molar-refractivity contribution is -0.120. The highest BCUT2D eigenvalue weighted by atomic mass is 16.5. The standard InChI is InChI=1S/C15H20N2O2/c1-10-8-12(4-6-16-10)15(18)17-13-2-3-14-11(9-13)5-7-19-14/h2-3,9-10,12,16H,4-8H2,1H3,(H,17,18)/t10-,12-/m0/s1. The molecular formula is C15H20N2O2. The molecule has 0 spiro atoms. The lowest BCUT2D eigenvalue weighted by Crippen LogP contribution is -2.40. The zero-order chi connectivity index (χ0) is 13.2. The normalized spacial score (nSPS) is 25.5. The predicted molar refractivity (Wildman–Crippen MR) is 74.5 cm³/mol. The van der Waals surface area contributed by atoms with Crippen molar-refractivity contribution in [2.24, 2.45) is 5.92 Å². The molecule has 4 nitrogen and oxygen atoms in total. The molecule has 1 aromatic rings. The molecule has 0 saturated carbocycles. The van der Waals surface area contributed by atoms with Gasteiger partial charge in [0, 0.05) is 24.1 Å². The van der Waals surface area contributed by atoms with Crippen LogP contribution >= 0.6 is 0 Å². The van der Waals surface area contributed by atoms with Crippen LogP contribution in [-0.4, -0.2) is 25.1 Å². The molecule has 2 atom stereocenters. The average Bonchev–Trinajstić information content (AvgIpc) is 2.86. The van der Waals surface area contributed by atoms with E-state index in [2.05, 4.69) is 17.6 Å². The summed E-state index contributed by atoms with van der Waals surface area (Å²) in [6.07, 6.45) is 2.77. The van der Waals surface area contributed by atoms with Crippen molar-refractivity contribution >= 4 is 11.6 Å². The maximum atomic E-state index is 12.2. The molecule has 0 aliphatic carbocycles. The summed E-state index contributed by atoms with van der Waals surface area (Å²) in [7, 11) is 0. The summed E-state index contributed by atoms with van der Waals surface area (Å²) in [5.74, 6) is 1.22. The van der Waals surface area contributed by atoms with Crippen LogP contribution in [0.3, 0.4) is 0 Å². The minimum absolute atomic E-state index is 0.126. The van der Waals surface area contributed by atoms with Crippen molar-refractivity contribution < 1.29 is 9.53 Å². The highest BCUT2D eigenvalue weighted by Crippen LogP contribution is 2.28. The van der Waals surface area contributed by atoms with Gasteiger partial charge in [0.05, 0.1) is 6.61 Å². The van der Waals surface area contributed by atoms with E-state index in [0.717, 1.165) is 43.9 Å². The second kappa shape index (κ2) is 5.21. The maximum absolute atomic E-state index is 12.2. The van der Waals surface area contributed by atoms with Crippen molar-refractivity contribution in [3.63, 3.8) is 0 Å². The molecule has 2 aliphatic rings. The average molecular weight is 260 g/mol. The van der Waals surface area contributed by atoms with E-state index >= 15 is 0 Å². The third kappa shape index (κ3) is 2.73. The smallest absolute Gasteiger partial charge is 0.227 e. The molecule has 3 rings (SSSR count). The third-order valence-electron chi connectivity index (χ3n) is 3.95. The van der Waals surface area contributed by atoms with E-state index < -0.39 is 0 Å². The van der Waals surface area contributed by atoms with Crippen LogP contribution in [0.4, 0.5) is 5.69 Å². The van der Waals surface area contributed by atoms with Crippen molar-refractivity contribution in [3.8, 4) is 5.75 Å². The first kappa shape index (κ1) is 12.5. The number of benzene rings is 1. The number of amides is 1. The van der Waals surface area contributed by atoms with Crippen LogP contribution in [0.1, 0.15) is 25.3 Å². The van der Waals surface area contributed by atoms with Crippen molar-refractivity contribution in [3.05, 3.63) is 23.8 Å². The van der Waals surface area contributed by atoms with Crippen molar-refractivity contribution in [2.75, 3.05) is 18.5 Å². The molecule has 102 valence electrons. The topological polar surface area (TPSA) is 50.4 Å². The first-order chi connectivity index (χ1) is 9.22. The van der Waals surface area contributed by atoms with E-state index in [1.54, 1.807) is 0 Å². The van der Waals surface area contributed by atoms with Gasteiger partial charge in [0.15, 0.2) is 0 Å². The fourth-order valence-corrected chi connectivity index (χ4v) is 2.88. The summed E-state index contributed by atoms with van der Waals surface area (Å²) in [6, 6.07) is 6.33. The third-order valence-corrected chi connectivity index (χ3v) is 3.95. The van der Waals surface area contributed by atoms with Gasteiger partial charge in [-0.2, -0.15) is 0 Å². The Kier molecular flexibility index (Phi) is 3.42. The van der Waals surface area contributed by atoms with Crippen LogP contribution in [0.5, 0.6) is 5.75 Å². The number of ether oxygens (including phenoxy) is 1. The van der Waals surface area contributed by atoms with E-state index in [4.69, 9.17) is 4.74 Å². The summed E-state index contributed by atoms with van der Waals surface area (Å²) in [4.78, 5) is 12.2. The Morgan fingerprint density at radius 3 is 3.21 bits per heavy atom. The Labute approximate surface area is 113 Å². The highest BCUT2D eigenvalue weighted by Gasteiger charge is 2.25. The minimum atomic E-state index is 0.126. The number of rotatable bonds is 2. The van der Waals surface area contributed by atoms with E-state index in [1.807, 2.05) is 18.2 Å².